The third-order valence-corrected chi connectivity index (χ3v) is 3.27. The van der Waals surface area contributed by atoms with E-state index < -0.39 is 30.6 Å². The Bertz CT molecular complexity index is 483. The number of benzene rings is 1. The van der Waals surface area contributed by atoms with Crippen LogP contribution >= 0.6 is 0 Å². The van der Waals surface area contributed by atoms with Crippen LogP contribution in [-0.2, 0) is 24.9 Å². The quantitative estimate of drug-likeness (QED) is 0.762. The molecule has 4 saturated heterocycles. The van der Waals surface area contributed by atoms with Crippen molar-refractivity contribution in [2.75, 3.05) is 6.61 Å². The van der Waals surface area contributed by atoms with Gasteiger partial charge in [0, 0.05) is 5.56 Å². The van der Waals surface area contributed by atoms with Gasteiger partial charge < -0.3 is 19.3 Å². The highest BCUT2D eigenvalue weighted by atomic mass is 17.0. The summed E-state index contributed by atoms with van der Waals surface area (Å²) in [4.78, 5) is 0. The Morgan fingerprint density at radius 2 is 2.12 bits per heavy atom. The molecule has 0 spiro atoms. The second kappa shape index (κ2) is 3.28. The van der Waals surface area contributed by atoms with Gasteiger partial charge in [-0.2, -0.15) is 0 Å². The van der Waals surface area contributed by atoms with Crippen molar-refractivity contribution in [2.24, 2.45) is 0 Å². The number of aliphatic hydroxyl groups excluding tert-OH is 1. The summed E-state index contributed by atoms with van der Waals surface area (Å²) in [5.74, 6) is -1.44. The first-order valence-electron chi connectivity index (χ1n) is 6.06. The van der Waals surface area contributed by atoms with Crippen LogP contribution in [0.5, 0.6) is 0 Å². The number of hydrogen-bond acceptors (Lipinski definition) is 5. The molecule has 1 N–H and O–H groups in total. The summed E-state index contributed by atoms with van der Waals surface area (Å²) in [6.45, 7) is 0.132. The van der Waals surface area contributed by atoms with Gasteiger partial charge in [0.1, 0.15) is 18.3 Å². The summed E-state index contributed by atoms with van der Waals surface area (Å²) in [5, 5.41) is 9.98. The maximum atomic E-state index is 9.98. The molecule has 0 amide bonds. The number of hydrogen-bond donors (Lipinski definition) is 1. The zero-order chi connectivity index (χ0) is 12.4. The first kappa shape index (κ1) is 9.02. The summed E-state index contributed by atoms with van der Waals surface area (Å²) < 4.78 is 30.3. The summed E-state index contributed by atoms with van der Waals surface area (Å²) >= 11 is 0. The minimum Gasteiger partial charge on any atom is -0.387 e. The van der Waals surface area contributed by atoms with Gasteiger partial charge in [0.05, 0.1) is 7.98 Å². The van der Waals surface area contributed by atoms with Crippen LogP contribution in [-0.4, -0.2) is 36.3 Å². The molecule has 0 aliphatic carbocycles. The minimum absolute atomic E-state index is 0.132. The maximum Gasteiger partial charge on any atom is 0.314 e. The lowest BCUT2D eigenvalue weighted by Crippen LogP contribution is -2.32. The molecule has 1 aromatic rings. The van der Waals surface area contributed by atoms with Crippen LogP contribution in [0, 0.1) is 0 Å². The van der Waals surface area contributed by atoms with Gasteiger partial charge in [-0.25, -0.2) is 0 Å². The number of rotatable bonds is 1. The van der Waals surface area contributed by atoms with Gasteiger partial charge in [-0.3, -0.25) is 4.74 Å². The largest absolute Gasteiger partial charge is 0.387 e. The van der Waals surface area contributed by atoms with Crippen LogP contribution in [0.4, 0.5) is 0 Å². The standard InChI is InChI=1S/C12H12O5/c13-9-8-6-14-12(7-4-2-1-3-5-7)16-10(9)11(15-8)17-12/h1-5,8-11,13H,6H2/t8-,9-,10+,11+,12?/m1/s1/i11D. The summed E-state index contributed by atoms with van der Waals surface area (Å²) in [6.07, 6.45) is -4.04. The van der Waals surface area contributed by atoms with E-state index in [0.717, 1.165) is 0 Å². The molecule has 90 valence electrons. The summed E-state index contributed by atoms with van der Waals surface area (Å²) in [5.41, 5.74) is 0.655. The smallest absolute Gasteiger partial charge is 0.314 e. The molecule has 1 aromatic carbocycles. The Kier molecular flexibility index (Phi) is 1.74. The van der Waals surface area contributed by atoms with Gasteiger partial charge in [-0.15, -0.1) is 0 Å². The normalized spacial score (nSPS) is 52.5. The Hall–Kier alpha value is -0.980. The third kappa shape index (κ3) is 1.26. The molecule has 4 heterocycles. The van der Waals surface area contributed by atoms with E-state index in [1.165, 1.54) is 0 Å². The second-order valence-corrected chi connectivity index (χ2v) is 4.34. The monoisotopic (exact) mass is 237 g/mol. The Morgan fingerprint density at radius 1 is 1.29 bits per heavy atom. The van der Waals surface area contributed by atoms with E-state index >= 15 is 0 Å². The van der Waals surface area contributed by atoms with Crippen molar-refractivity contribution < 1.29 is 25.4 Å². The molecule has 4 fully saturated rings. The second-order valence-electron chi connectivity index (χ2n) is 4.34. The molecule has 0 radical (unpaired) electrons. The van der Waals surface area contributed by atoms with Crippen molar-refractivity contribution in [3.8, 4) is 0 Å². The molecule has 0 saturated carbocycles. The molecule has 4 aliphatic rings. The van der Waals surface area contributed by atoms with Crippen LogP contribution in [0.25, 0.3) is 0 Å². The van der Waals surface area contributed by atoms with E-state index in [1.807, 2.05) is 18.2 Å². The van der Waals surface area contributed by atoms with Crippen molar-refractivity contribution in [3.63, 3.8) is 0 Å². The number of fused-ring (bicyclic) bond motifs is 1. The predicted octanol–water partition coefficient (Wildman–Crippen LogP) is 0.328. The van der Waals surface area contributed by atoms with Crippen molar-refractivity contribution in [1.82, 2.24) is 0 Å². The van der Waals surface area contributed by atoms with Gasteiger partial charge in [0.2, 0.25) is 0 Å². The lowest BCUT2D eigenvalue weighted by atomic mass is 10.1. The van der Waals surface area contributed by atoms with E-state index in [1.54, 1.807) is 12.1 Å². The first-order chi connectivity index (χ1) is 8.63. The van der Waals surface area contributed by atoms with E-state index in [-0.39, 0.29) is 6.61 Å². The SMILES string of the molecule is [2H][C@@]12O[C@@H]3COC(c4ccccc4)(O[C@H]1[C@@H]3O)O2. The average molecular weight is 237 g/mol. The van der Waals surface area contributed by atoms with Crippen molar-refractivity contribution in [3.05, 3.63) is 35.9 Å². The van der Waals surface area contributed by atoms with Crippen molar-refractivity contribution >= 4 is 0 Å². The Labute approximate surface area is 99.3 Å². The highest BCUT2D eigenvalue weighted by Gasteiger charge is 2.62. The lowest BCUT2D eigenvalue weighted by molar-refractivity contribution is -0.349. The van der Waals surface area contributed by atoms with Crippen LogP contribution in [0.2, 0.25) is 0 Å². The number of aliphatic hydroxyl groups is 1. The number of ether oxygens (including phenoxy) is 4. The minimum atomic E-state index is -1.70. The predicted molar refractivity (Wildman–Crippen MR) is 54.7 cm³/mol. The molecule has 5 rings (SSSR count). The highest BCUT2D eigenvalue weighted by molar-refractivity contribution is 5.20. The Balaban J connectivity index is 1.81. The first-order valence-corrected chi connectivity index (χ1v) is 5.56. The Morgan fingerprint density at radius 3 is 2.88 bits per heavy atom. The van der Waals surface area contributed by atoms with Crippen LogP contribution in [0.3, 0.4) is 0 Å². The topological polar surface area (TPSA) is 57.2 Å². The molecular formula is C12H12O5. The van der Waals surface area contributed by atoms with Crippen LogP contribution < -0.4 is 0 Å². The third-order valence-electron chi connectivity index (χ3n) is 3.27. The molecule has 1 unspecified atom stereocenters. The molecule has 17 heavy (non-hydrogen) atoms. The average Bonchev–Trinajstić information content (AvgIpc) is 2.64. The van der Waals surface area contributed by atoms with Gasteiger partial charge >= 0.3 is 5.97 Å². The zero-order valence-corrected chi connectivity index (χ0v) is 8.91. The maximum absolute atomic E-state index is 9.98. The fourth-order valence-corrected chi connectivity index (χ4v) is 2.38. The summed E-state index contributed by atoms with van der Waals surface area (Å²) in [6, 6.07) is 9.11. The molecule has 5 heteroatoms. The van der Waals surface area contributed by atoms with Crippen molar-refractivity contribution in [2.45, 2.75) is 30.6 Å². The molecule has 5 atom stereocenters. The molecule has 5 nitrogen and oxygen atoms in total. The molecule has 0 aromatic heterocycles. The molecular weight excluding hydrogens is 224 g/mol. The van der Waals surface area contributed by atoms with Gasteiger partial charge in [0.25, 0.3) is 0 Å². The van der Waals surface area contributed by atoms with Gasteiger partial charge in [-0.1, -0.05) is 30.3 Å². The highest BCUT2D eigenvalue weighted by Crippen LogP contribution is 2.47. The van der Waals surface area contributed by atoms with Crippen LogP contribution in [0.1, 0.15) is 6.93 Å². The fraction of sp³-hybridized carbons (Fsp3) is 0.500. The van der Waals surface area contributed by atoms with E-state index in [9.17, 15) is 5.11 Å². The van der Waals surface area contributed by atoms with E-state index in [2.05, 4.69) is 0 Å². The molecule has 4 aliphatic heterocycles. The fourth-order valence-electron chi connectivity index (χ4n) is 2.38. The molecule has 4 bridgehead atoms. The van der Waals surface area contributed by atoms with Gasteiger partial charge in [-0.05, 0) is 0 Å². The van der Waals surface area contributed by atoms with E-state index in [0.29, 0.717) is 5.56 Å². The van der Waals surface area contributed by atoms with E-state index in [4.69, 9.17) is 20.3 Å². The lowest BCUT2D eigenvalue weighted by Gasteiger charge is -2.25. The zero-order valence-electron chi connectivity index (χ0n) is 9.91. The van der Waals surface area contributed by atoms with Gasteiger partial charge in [0.15, 0.2) is 6.27 Å². The summed E-state index contributed by atoms with van der Waals surface area (Å²) in [7, 11) is 0. The van der Waals surface area contributed by atoms with Crippen molar-refractivity contribution in [1.29, 1.82) is 0 Å². The van der Waals surface area contributed by atoms with Crippen LogP contribution in [0.15, 0.2) is 30.3 Å².